The Morgan fingerprint density at radius 3 is 2.68 bits per heavy atom. The van der Waals surface area contributed by atoms with Gasteiger partial charge in [-0.25, -0.2) is 8.42 Å². The van der Waals surface area contributed by atoms with Gasteiger partial charge in [-0.3, -0.25) is 9.59 Å². The number of carbonyl (C=O) groups excluding carboxylic acids is 2. The number of para-hydroxylation sites is 1. The molecule has 1 amide bonds. The lowest BCUT2D eigenvalue weighted by molar-refractivity contribution is -0.155. The highest BCUT2D eigenvalue weighted by Crippen LogP contribution is 2.16. The van der Waals surface area contributed by atoms with Gasteiger partial charge >= 0.3 is 5.97 Å². The Hall–Kier alpha value is -2.09. The molecule has 0 spiro atoms. The number of ether oxygens (including phenoxy) is 2. The molecule has 138 valence electrons. The van der Waals surface area contributed by atoms with Crippen LogP contribution in [0.1, 0.15) is 25.3 Å². The summed E-state index contributed by atoms with van der Waals surface area (Å²) >= 11 is 0. The number of benzene rings is 1. The van der Waals surface area contributed by atoms with Crippen LogP contribution in [-0.2, 0) is 24.2 Å². The van der Waals surface area contributed by atoms with E-state index < -0.39 is 33.9 Å². The maximum Gasteiger partial charge on any atom is 0.310 e. The summed E-state index contributed by atoms with van der Waals surface area (Å²) in [5.74, 6) is -0.333. The van der Waals surface area contributed by atoms with E-state index in [-0.39, 0.29) is 24.5 Å². The molecule has 0 unspecified atom stereocenters. The summed E-state index contributed by atoms with van der Waals surface area (Å²) in [7, 11) is -3.07. The van der Waals surface area contributed by atoms with Gasteiger partial charge in [-0.05, 0) is 31.9 Å². The molecular formula is C17H23NO6S. The Morgan fingerprint density at radius 2 is 2.04 bits per heavy atom. The van der Waals surface area contributed by atoms with Gasteiger partial charge in [0.2, 0.25) is 0 Å². The number of carbonyl (C=O) groups is 2. The first-order valence-corrected chi connectivity index (χ1v) is 9.98. The number of sulfone groups is 1. The van der Waals surface area contributed by atoms with E-state index in [1.54, 1.807) is 0 Å². The Labute approximate surface area is 147 Å². The first-order chi connectivity index (χ1) is 11.8. The number of hydrogen-bond acceptors (Lipinski definition) is 6. The fourth-order valence-corrected chi connectivity index (χ4v) is 4.17. The lowest BCUT2D eigenvalue weighted by atomic mass is 10.2. The van der Waals surface area contributed by atoms with Gasteiger partial charge in [-0.15, -0.1) is 0 Å². The summed E-state index contributed by atoms with van der Waals surface area (Å²) in [6.45, 7) is 3.51. The Morgan fingerprint density at radius 1 is 1.32 bits per heavy atom. The maximum absolute atomic E-state index is 12.0. The molecule has 1 N–H and O–H groups in total. The zero-order chi connectivity index (χ0) is 18.4. The van der Waals surface area contributed by atoms with Gasteiger partial charge in [0.25, 0.3) is 5.91 Å². The molecule has 1 aliphatic heterocycles. The van der Waals surface area contributed by atoms with E-state index in [1.165, 1.54) is 6.92 Å². The van der Waals surface area contributed by atoms with Crippen LogP contribution < -0.4 is 10.1 Å². The highest BCUT2D eigenvalue weighted by molar-refractivity contribution is 7.91. The summed E-state index contributed by atoms with van der Waals surface area (Å²) in [6.07, 6.45) is -0.572. The van der Waals surface area contributed by atoms with Crippen molar-refractivity contribution in [3.63, 3.8) is 0 Å². The van der Waals surface area contributed by atoms with Crippen molar-refractivity contribution in [3.05, 3.63) is 29.8 Å². The van der Waals surface area contributed by atoms with Crippen molar-refractivity contribution >= 4 is 21.7 Å². The largest absolute Gasteiger partial charge is 0.493 e. The van der Waals surface area contributed by atoms with Gasteiger partial charge in [0.1, 0.15) is 5.75 Å². The van der Waals surface area contributed by atoms with Crippen molar-refractivity contribution < 1.29 is 27.5 Å². The zero-order valence-corrected chi connectivity index (χ0v) is 15.2. The average molecular weight is 369 g/mol. The molecule has 0 bridgehead atoms. The van der Waals surface area contributed by atoms with Crippen LogP contribution in [0.4, 0.5) is 0 Å². The van der Waals surface area contributed by atoms with Crippen molar-refractivity contribution in [2.45, 2.75) is 38.8 Å². The molecule has 0 aromatic heterocycles. The SMILES string of the molecule is Cc1ccccc1OCCC(=O)O[C@@H](C)C(=O)N[C@H]1CCS(=O)(=O)C1. The summed E-state index contributed by atoms with van der Waals surface area (Å²) in [5, 5.41) is 2.60. The third-order valence-electron chi connectivity index (χ3n) is 3.91. The number of rotatable bonds is 7. The van der Waals surface area contributed by atoms with Crippen LogP contribution in [0.15, 0.2) is 24.3 Å². The summed E-state index contributed by atoms with van der Waals surface area (Å²) in [6, 6.07) is 7.04. The molecule has 1 fully saturated rings. The van der Waals surface area contributed by atoms with Crippen LogP contribution in [0.3, 0.4) is 0 Å². The number of esters is 1. The fourth-order valence-electron chi connectivity index (χ4n) is 2.50. The van der Waals surface area contributed by atoms with E-state index in [4.69, 9.17) is 9.47 Å². The second-order valence-corrected chi connectivity index (χ2v) is 8.33. The Bertz CT molecular complexity index is 730. The number of nitrogens with one attached hydrogen (secondary N) is 1. The van der Waals surface area contributed by atoms with E-state index in [0.717, 1.165) is 5.56 Å². The fraction of sp³-hybridized carbons (Fsp3) is 0.529. The van der Waals surface area contributed by atoms with Crippen LogP contribution in [0.2, 0.25) is 0 Å². The minimum Gasteiger partial charge on any atom is -0.493 e. The molecule has 0 aliphatic carbocycles. The van der Waals surface area contributed by atoms with Crippen LogP contribution in [-0.4, -0.2) is 50.6 Å². The van der Waals surface area contributed by atoms with Crippen molar-refractivity contribution in [3.8, 4) is 5.75 Å². The van der Waals surface area contributed by atoms with Gasteiger partial charge in [0.15, 0.2) is 15.9 Å². The second-order valence-electron chi connectivity index (χ2n) is 6.10. The molecule has 1 saturated heterocycles. The normalized spacial score (nSPS) is 19.8. The molecule has 7 nitrogen and oxygen atoms in total. The lowest BCUT2D eigenvalue weighted by Gasteiger charge is -2.16. The maximum atomic E-state index is 12.0. The van der Waals surface area contributed by atoms with Crippen molar-refractivity contribution in [2.24, 2.45) is 0 Å². The Balaban J connectivity index is 1.70. The quantitative estimate of drug-likeness (QED) is 0.720. The van der Waals surface area contributed by atoms with Gasteiger partial charge in [-0.2, -0.15) is 0 Å². The highest BCUT2D eigenvalue weighted by atomic mass is 32.2. The molecule has 2 rings (SSSR count). The predicted molar refractivity (Wildman–Crippen MR) is 92.0 cm³/mol. The number of hydrogen-bond donors (Lipinski definition) is 1. The van der Waals surface area contributed by atoms with Gasteiger partial charge < -0.3 is 14.8 Å². The minimum atomic E-state index is -3.07. The standard InChI is InChI=1S/C17H23NO6S/c1-12-5-3-4-6-15(12)23-9-7-16(19)24-13(2)17(20)18-14-8-10-25(21,22)11-14/h3-6,13-14H,7-11H2,1-2H3,(H,18,20)/t13-,14-/m0/s1. The van der Waals surface area contributed by atoms with Crippen LogP contribution >= 0.6 is 0 Å². The molecule has 1 heterocycles. The highest BCUT2D eigenvalue weighted by Gasteiger charge is 2.30. The van der Waals surface area contributed by atoms with Crippen molar-refractivity contribution in [2.75, 3.05) is 18.1 Å². The molecular weight excluding hydrogens is 346 g/mol. The van der Waals surface area contributed by atoms with E-state index in [9.17, 15) is 18.0 Å². The molecule has 1 aromatic rings. The summed E-state index contributed by atoms with van der Waals surface area (Å²) < 4.78 is 33.3. The average Bonchev–Trinajstić information content (AvgIpc) is 2.87. The first-order valence-electron chi connectivity index (χ1n) is 8.15. The Kier molecular flexibility index (Phi) is 6.41. The van der Waals surface area contributed by atoms with Gasteiger partial charge in [-0.1, -0.05) is 18.2 Å². The molecule has 0 radical (unpaired) electrons. The molecule has 25 heavy (non-hydrogen) atoms. The molecule has 1 aromatic carbocycles. The predicted octanol–water partition coefficient (Wildman–Crippen LogP) is 0.999. The van der Waals surface area contributed by atoms with E-state index >= 15 is 0 Å². The van der Waals surface area contributed by atoms with Crippen molar-refractivity contribution in [1.29, 1.82) is 0 Å². The third-order valence-corrected chi connectivity index (χ3v) is 5.68. The minimum absolute atomic E-state index is 0.0176. The van der Waals surface area contributed by atoms with Crippen LogP contribution in [0.25, 0.3) is 0 Å². The number of amides is 1. The lowest BCUT2D eigenvalue weighted by Crippen LogP contribution is -2.42. The first kappa shape index (κ1) is 19.2. The molecule has 1 aliphatic rings. The van der Waals surface area contributed by atoms with E-state index in [0.29, 0.717) is 12.2 Å². The van der Waals surface area contributed by atoms with Gasteiger partial charge in [0.05, 0.1) is 24.5 Å². The van der Waals surface area contributed by atoms with Crippen LogP contribution in [0.5, 0.6) is 5.75 Å². The molecule has 0 saturated carbocycles. The molecule has 8 heteroatoms. The molecule has 2 atom stereocenters. The van der Waals surface area contributed by atoms with E-state index in [2.05, 4.69) is 5.32 Å². The monoisotopic (exact) mass is 369 g/mol. The van der Waals surface area contributed by atoms with Gasteiger partial charge in [0, 0.05) is 6.04 Å². The summed E-state index contributed by atoms with van der Waals surface area (Å²) in [5.41, 5.74) is 0.968. The smallest absolute Gasteiger partial charge is 0.310 e. The topological polar surface area (TPSA) is 98.8 Å². The number of aryl methyl sites for hydroxylation is 1. The third kappa shape index (κ3) is 6.04. The van der Waals surface area contributed by atoms with Crippen LogP contribution in [0, 0.1) is 6.92 Å². The van der Waals surface area contributed by atoms with Crippen molar-refractivity contribution in [1.82, 2.24) is 5.32 Å². The van der Waals surface area contributed by atoms with E-state index in [1.807, 2.05) is 31.2 Å². The zero-order valence-electron chi connectivity index (χ0n) is 14.4. The second kappa shape index (κ2) is 8.33. The summed E-state index contributed by atoms with van der Waals surface area (Å²) in [4.78, 5) is 23.8.